The number of morpholine rings is 1. The molecule has 0 atom stereocenters. The Kier molecular flexibility index (Phi) is 5.83. The van der Waals surface area contributed by atoms with E-state index in [-0.39, 0.29) is 11.7 Å². The van der Waals surface area contributed by atoms with Crippen LogP contribution in [0.25, 0.3) is 11.5 Å². The van der Waals surface area contributed by atoms with Crippen LogP contribution < -0.4 is 10.2 Å². The fourth-order valence-corrected chi connectivity index (χ4v) is 3.34. The fraction of sp³-hybridized carbons (Fsp3) is 0.263. The summed E-state index contributed by atoms with van der Waals surface area (Å²) < 4.78 is 10.9. The molecule has 9 heteroatoms. The van der Waals surface area contributed by atoms with Gasteiger partial charge < -0.3 is 19.4 Å². The van der Waals surface area contributed by atoms with Gasteiger partial charge in [-0.15, -0.1) is 10.2 Å². The summed E-state index contributed by atoms with van der Waals surface area (Å²) in [7, 11) is 0. The van der Waals surface area contributed by atoms with Crippen molar-refractivity contribution < 1.29 is 13.9 Å². The zero-order valence-corrected chi connectivity index (χ0v) is 15.9. The van der Waals surface area contributed by atoms with E-state index in [4.69, 9.17) is 9.15 Å². The molecule has 0 saturated carbocycles. The standard InChI is InChI=1S/C19H19N5O3S/c25-17(13-28-19-23-22-18(27-19)14-2-1-7-20-12-14)21-15-3-5-16(6-4-15)24-8-10-26-11-9-24/h1-7,12H,8-11,13H2,(H,21,25). The highest BCUT2D eigenvalue weighted by molar-refractivity contribution is 7.99. The lowest BCUT2D eigenvalue weighted by Gasteiger charge is -2.28. The second kappa shape index (κ2) is 8.85. The van der Waals surface area contributed by atoms with E-state index in [1.54, 1.807) is 18.5 Å². The quantitative estimate of drug-likeness (QED) is 0.635. The van der Waals surface area contributed by atoms with E-state index in [0.717, 1.165) is 43.2 Å². The summed E-state index contributed by atoms with van der Waals surface area (Å²) in [4.78, 5) is 18.5. The van der Waals surface area contributed by atoms with E-state index >= 15 is 0 Å². The van der Waals surface area contributed by atoms with Crippen molar-refractivity contribution in [1.82, 2.24) is 15.2 Å². The van der Waals surface area contributed by atoms with Gasteiger partial charge in [0.05, 0.1) is 24.5 Å². The van der Waals surface area contributed by atoms with E-state index in [1.807, 2.05) is 30.3 Å². The SMILES string of the molecule is O=C(CSc1nnc(-c2cccnc2)o1)Nc1ccc(N2CCOCC2)cc1. The number of carbonyl (C=O) groups excluding carboxylic acids is 1. The maximum Gasteiger partial charge on any atom is 0.277 e. The monoisotopic (exact) mass is 397 g/mol. The molecule has 8 nitrogen and oxygen atoms in total. The minimum absolute atomic E-state index is 0.134. The first-order valence-electron chi connectivity index (χ1n) is 8.87. The van der Waals surface area contributed by atoms with Crippen LogP contribution in [0, 0.1) is 0 Å². The Morgan fingerprint density at radius 1 is 1.14 bits per heavy atom. The molecule has 2 aromatic heterocycles. The second-order valence-electron chi connectivity index (χ2n) is 6.10. The minimum Gasteiger partial charge on any atom is -0.411 e. The second-order valence-corrected chi connectivity index (χ2v) is 7.02. The van der Waals surface area contributed by atoms with Gasteiger partial charge in [-0.05, 0) is 36.4 Å². The highest BCUT2D eigenvalue weighted by Gasteiger charge is 2.13. The lowest BCUT2D eigenvalue weighted by Crippen LogP contribution is -2.36. The third-order valence-corrected chi connectivity index (χ3v) is 4.99. The molecule has 3 aromatic rings. The van der Waals surface area contributed by atoms with Crippen molar-refractivity contribution >= 4 is 29.0 Å². The average molecular weight is 397 g/mol. The van der Waals surface area contributed by atoms with Gasteiger partial charge in [0.25, 0.3) is 5.22 Å². The molecule has 144 valence electrons. The molecule has 1 amide bonds. The van der Waals surface area contributed by atoms with Crippen molar-refractivity contribution in [3.05, 3.63) is 48.8 Å². The van der Waals surface area contributed by atoms with Crippen LogP contribution in [0.2, 0.25) is 0 Å². The molecule has 3 heterocycles. The van der Waals surface area contributed by atoms with Gasteiger partial charge in [-0.25, -0.2) is 0 Å². The molecule has 1 saturated heterocycles. The number of ether oxygens (including phenoxy) is 1. The third-order valence-electron chi connectivity index (χ3n) is 4.17. The lowest BCUT2D eigenvalue weighted by atomic mass is 10.2. The number of hydrogen-bond acceptors (Lipinski definition) is 8. The van der Waals surface area contributed by atoms with Gasteiger partial charge in [-0.1, -0.05) is 11.8 Å². The summed E-state index contributed by atoms with van der Waals surface area (Å²) in [5.74, 6) is 0.430. The first-order chi connectivity index (χ1) is 13.8. The topological polar surface area (TPSA) is 93.4 Å². The van der Waals surface area contributed by atoms with E-state index in [9.17, 15) is 4.79 Å². The predicted octanol–water partition coefficient (Wildman–Crippen LogP) is 2.70. The van der Waals surface area contributed by atoms with Gasteiger partial charge in [0, 0.05) is 36.9 Å². The molecule has 1 aromatic carbocycles. The number of aromatic nitrogens is 3. The van der Waals surface area contributed by atoms with Crippen LogP contribution in [-0.4, -0.2) is 53.1 Å². The van der Waals surface area contributed by atoms with Crippen LogP contribution in [0.15, 0.2) is 58.4 Å². The van der Waals surface area contributed by atoms with Crippen molar-refractivity contribution in [3.63, 3.8) is 0 Å². The summed E-state index contributed by atoms with van der Waals surface area (Å²) >= 11 is 1.19. The van der Waals surface area contributed by atoms with Crippen molar-refractivity contribution in [3.8, 4) is 11.5 Å². The Bertz CT molecular complexity index is 911. The van der Waals surface area contributed by atoms with Crippen LogP contribution in [0.1, 0.15) is 0 Å². The number of nitrogens with one attached hydrogen (secondary N) is 1. The van der Waals surface area contributed by atoms with Gasteiger partial charge in [0.2, 0.25) is 11.8 Å². The Balaban J connectivity index is 1.28. The Morgan fingerprint density at radius 3 is 2.71 bits per heavy atom. The molecule has 0 aliphatic carbocycles. The van der Waals surface area contributed by atoms with E-state index in [1.165, 1.54) is 11.8 Å². The number of anilines is 2. The highest BCUT2D eigenvalue weighted by Crippen LogP contribution is 2.23. The number of carbonyl (C=O) groups is 1. The molecule has 4 rings (SSSR count). The number of benzene rings is 1. The zero-order chi connectivity index (χ0) is 19.2. The van der Waals surface area contributed by atoms with Crippen molar-refractivity contribution in [2.24, 2.45) is 0 Å². The van der Waals surface area contributed by atoms with Crippen molar-refractivity contribution in [2.45, 2.75) is 5.22 Å². The first-order valence-corrected chi connectivity index (χ1v) is 9.86. The summed E-state index contributed by atoms with van der Waals surface area (Å²) in [6.45, 7) is 3.25. The number of pyridine rings is 1. The summed E-state index contributed by atoms with van der Waals surface area (Å²) in [5.41, 5.74) is 2.63. The number of thioether (sulfide) groups is 1. The lowest BCUT2D eigenvalue weighted by molar-refractivity contribution is -0.113. The Labute approximate surface area is 166 Å². The van der Waals surface area contributed by atoms with Crippen molar-refractivity contribution in [1.29, 1.82) is 0 Å². The first kappa shape index (κ1) is 18.5. The molecular weight excluding hydrogens is 378 g/mol. The fourth-order valence-electron chi connectivity index (χ4n) is 2.78. The third kappa shape index (κ3) is 4.68. The molecule has 1 aliphatic rings. The van der Waals surface area contributed by atoms with Crippen LogP contribution >= 0.6 is 11.8 Å². The molecule has 28 heavy (non-hydrogen) atoms. The van der Waals surface area contributed by atoms with Crippen LogP contribution in [0.3, 0.4) is 0 Å². The number of hydrogen-bond donors (Lipinski definition) is 1. The Hall–Kier alpha value is -2.91. The number of nitrogens with zero attached hydrogens (tertiary/aromatic N) is 4. The van der Waals surface area contributed by atoms with Gasteiger partial charge >= 0.3 is 0 Å². The van der Waals surface area contributed by atoms with E-state index < -0.39 is 0 Å². The molecular formula is C19H19N5O3S. The largest absolute Gasteiger partial charge is 0.411 e. The summed E-state index contributed by atoms with van der Waals surface area (Å²) in [5, 5.41) is 11.2. The van der Waals surface area contributed by atoms with Gasteiger partial charge in [0.15, 0.2) is 0 Å². The molecule has 0 radical (unpaired) electrons. The minimum atomic E-state index is -0.134. The van der Waals surface area contributed by atoms with E-state index in [2.05, 4.69) is 25.4 Å². The Morgan fingerprint density at radius 2 is 1.96 bits per heavy atom. The van der Waals surface area contributed by atoms with E-state index in [0.29, 0.717) is 11.1 Å². The van der Waals surface area contributed by atoms with Gasteiger partial charge in [0.1, 0.15) is 0 Å². The average Bonchev–Trinajstić information content (AvgIpc) is 3.23. The number of rotatable bonds is 6. The molecule has 1 N–H and O–H groups in total. The van der Waals surface area contributed by atoms with Gasteiger partial charge in [-0.3, -0.25) is 9.78 Å². The normalized spacial score (nSPS) is 14.1. The number of amides is 1. The maximum absolute atomic E-state index is 12.2. The smallest absolute Gasteiger partial charge is 0.277 e. The van der Waals surface area contributed by atoms with Crippen LogP contribution in [0.5, 0.6) is 0 Å². The van der Waals surface area contributed by atoms with Gasteiger partial charge in [-0.2, -0.15) is 0 Å². The van der Waals surface area contributed by atoms with Crippen LogP contribution in [0.4, 0.5) is 11.4 Å². The predicted molar refractivity (Wildman–Crippen MR) is 106 cm³/mol. The molecule has 0 bridgehead atoms. The molecule has 0 spiro atoms. The molecule has 1 aliphatic heterocycles. The zero-order valence-electron chi connectivity index (χ0n) is 15.1. The molecule has 1 fully saturated rings. The summed E-state index contributed by atoms with van der Waals surface area (Å²) in [6.07, 6.45) is 3.32. The maximum atomic E-state index is 12.2. The molecule has 0 unspecified atom stereocenters. The van der Waals surface area contributed by atoms with Crippen LogP contribution in [-0.2, 0) is 9.53 Å². The van der Waals surface area contributed by atoms with Crippen molar-refractivity contribution in [2.75, 3.05) is 42.3 Å². The summed E-state index contributed by atoms with van der Waals surface area (Å²) in [6, 6.07) is 11.5. The highest BCUT2D eigenvalue weighted by atomic mass is 32.2.